The summed E-state index contributed by atoms with van der Waals surface area (Å²) in [6.45, 7) is 5.64. The molecule has 0 saturated carbocycles. The Labute approximate surface area is 176 Å². The smallest absolute Gasteiger partial charge is 0.233 e. The summed E-state index contributed by atoms with van der Waals surface area (Å²) in [5, 5.41) is 0.841. The third kappa shape index (κ3) is 4.27. The maximum Gasteiger partial charge on any atom is 0.233 e. The lowest BCUT2D eigenvalue weighted by Crippen LogP contribution is -2.42. The van der Waals surface area contributed by atoms with Crippen LogP contribution >= 0.6 is 11.8 Å². The van der Waals surface area contributed by atoms with Crippen molar-refractivity contribution in [3.8, 4) is 11.4 Å². The lowest BCUT2D eigenvalue weighted by atomic mass is 10.0. The Morgan fingerprint density at radius 1 is 1.17 bits per heavy atom. The SMILES string of the molecule is CCOc1ccc(-n2c(SCC(=O)N3CCCC[C@H]3C)nc3ccccc32)cc1. The Morgan fingerprint density at radius 3 is 2.72 bits per heavy atom. The van der Waals surface area contributed by atoms with Crippen LogP contribution in [0.1, 0.15) is 33.1 Å². The number of para-hydroxylation sites is 2. The molecule has 29 heavy (non-hydrogen) atoms. The van der Waals surface area contributed by atoms with Crippen molar-refractivity contribution in [2.24, 2.45) is 0 Å². The van der Waals surface area contributed by atoms with E-state index in [2.05, 4.69) is 17.6 Å². The number of rotatable bonds is 6. The zero-order chi connectivity index (χ0) is 20.2. The van der Waals surface area contributed by atoms with E-state index in [9.17, 15) is 4.79 Å². The number of thioether (sulfide) groups is 1. The Hall–Kier alpha value is -2.47. The second-order valence-electron chi connectivity index (χ2n) is 7.37. The van der Waals surface area contributed by atoms with E-state index in [4.69, 9.17) is 9.72 Å². The summed E-state index contributed by atoms with van der Waals surface area (Å²) in [5.41, 5.74) is 2.99. The Morgan fingerprint density at radius 2 is 1.97 bits per heavy atom. The molecule has 0 unspecified atom stereocenters. The number of imidazole rings is 1. The minimum atomic E-state index is 0.201. The largest absolute Gasteiger partial charge is 0.494 e. The van der Waals surface area contributed by atoms with Gasteiger partial charge in [-0.25, -0.2) is 4.98 Å². The molecule has 0 spiro atoms. The minimum Gasteiger partial charge on any atom is -0.494 e. The number of fused-ring (bicyclic) bond motifs is 1. The van der Waals surface area contributed by atoms with Gasteiger partial charge in [0.1, 0.15) is 5.75 Å². The van der Waals surface area contributed by atoms with Crippen LogP contribution in [0.4, 0.5) is 0 Å². The molecule has 2 aromatic carbocycles. The van der Waals surface area contributed by atoms with Crippen LogP contribution in [0.3, 0.4) is 0 Å². The predicted octanol–water partition coefficient (Wildman–Crippen LogP) is 4.92. The maximum absolute atomic E-state index is 12.8. The van der Waals surface area contributed by atoms with Gasteiger partial charge in [0.05, 0.1) is 23.4 Å². The van der Waals surface area contributed by atoms with E-state index in [1.807, 2.05) is 54.3 Å². The van der Waals surface area contributed by atoms with Crippen LogP contribution in [-0.4, -0.2) is 45.3 Å². The standard InChI is InChI=1S/C23H27N3O2S/c1-3-28-19-13-11-18(12-14-19)26-21-10-5-4-9-20(21)24-23(26)29-16-22(27)25-15-7-6-8-17(25)2/h4-5,9-14,17H,3,6-8,15-16H2,1-2H3/t17-/m1/s1. The summed E-state index contributed by atoms with van der Waals surface area (Å²) in [6.07, 6.45) is 3.41. The second-order valence-corrected chi connectivity index (χ2v) is 8.31. The lowest BCUT2D eigenvalue weighted by molar-refractivity contribution is -0.131. The topological polar surface area (TPSA) is 47.4 Å². The fourth-order valence-corrected chi connectivity index (χ4v) is 4.80. The van der Waals surface area contributed by atoms with Crippen LogP contribution in [0.2, 0.25) is 0 Å². The first kappa shape index (κ1) is 19.8. The third-order valence-corrected chi connectivity index (χ3v) is 6.31. The van der Waals surface area contributed by atoms with Gasteiger partial charge in [-0.2, -0.15) is 0 Å². The summed E-state index contributed by atoms with van der Waals surface area (Å²) in [4.78, 5) is 19.6. The minimum absolute atomic E-state index is 0.201. The van der Waals surface area contributed by atoms with E-state index in [1.165, 1.54) is 18.2 Å². The highest BCUT2D eigenvalue weighted by atomic mass is 32.2. The predicted molar refractivity (Wildman–Crippen MR) is 118 cm³/mol. The monoisotopic (exact) mass is 409 g/mol. The number of nitrogens with zero attached hydrogens (tertiary/aromatic N) is 3. The molecule has 1 atom stereocenters. The summed E-state index contributed by atoms with van der Waals surface area (Å²) in [7, 11) is 0. The number of hydrogen-bond acceptors (Lipinski definition) is 4. The molecule has 0 bridgehead atoms. The van der Waals surface area contributed by atoms with Gasteiger partial charge in [-0.3, -0.25) is 9.36 Å². The van der Waals surface area contributed by atoms with Crippen molar-refractivity contribution < 1.29 is 9.53 Å². The molecule has 0 radical (unpaired) electrons. The van der Waals surface area contributed by atoms with Gasteiger partial charge >= 0.3 is 0 Å². The molecule has 1 aliphatic rings. The number of carbonyl (C=O) groups is 1. The summed E-state index contributed by atoms with van der Waals surface area (Å²) < 4.78 is 7.70. The molecule has 1 aliphatic heterocycles. The zero-order valence-corrected chi connectivity index (χ0v) is 17.8. The van der Waals surface area contributed by atoms with Gasteiger partial charge < -0.3 is 9.64 Å². The number of piperidine rings is 1. The number of amides is 1. The van der Waals surface area contributed by atoms with E-state index in [1.54, 1.807) is 0 Å². The number of carbonyl (C=O) groups excluding carboxylic acids is 1. The highest BCUT2D eigenvalue weighted by molar-refractivity contribution is 7.99. The third-order valence-electron chi connectivity index (χ3n) is 5.38. The van der Waals surface area contributed by atoms with E-state index in [-0.39, 0.29) is 5.91 Å². The lowest BCUT2D eigenvalue weighted by Gasteiger charge is -2.33. The molecule has 6 heteroatoms. The molecule has 1 aromatic heterocycles. The van der Waals surface area contributed by atoms with Gasteiger partial charge in [0.2, 0.25) is 5.91 Å². The van der Waals surface area contributed by atoms with Crippen LogP contribution < -0.4 is 4.74 Å². The first-order valence-corrected chi connectivity index (χ1v) is 11.3. The zero-order valence-electron chi connectivity index (χ0n) is 17.0. The number of aromatic nitrogens is 2. The Bertz CT molecular complexity index is 983. The van der Waals surface area contributed by atoms with Gasteiger partial charge in [-0.15, -0.1) is 0 Å². The van der Waals surface area contributed by atoms with Gasteiger partial charge in [-0.05, 0) is 69.5 Å². The van der Waals surface area contributed by atoms with Crippen LogP contribution in [-0.2, 0) is 4.79 Å². The molecule has 1 saturated heterocycles. The first-order valence-electron chi connectivity index (χ1n) is 10.3. The number of ether oxygens (including phenoxy) is 1. The molecule has 0 N–H and O–H groups in total. The van der Waals surface area contributed by atoms with Crippen molar-refractivity contribution in [3.05, 3.63) is 48.5 Å². The van der Waals surface area contributed by atoms with Crippen LogP contribution in [0, 0.1) is 0 Å². The Kier molecular flexibility index (Phi) is 6.09. The highest BCUT2D eigenvalue weighted by Crippen LogP contribution is 2.29. The summed E-state index contributed by atoms with van der Waals surface area (Å²) >= 11 is 1.52. The van der Waals surface area contributed by atoms with Crippen molar-refractivity contribution in [1.29, 1.82) is 0 Å². The van der Waals surface area contributed by atoms with Crippen LogP contribution in [0.25, 0.3) is 16.7 Å². The van der Waals surface area contributed by atoms with Crippen LogP contribution in [0.15, 0.2) is 53.7 Å². The van der Waals surface area contributed by atoms with Crippen molar-refractivity contribution in [3.63, 3.8) is 0 Å². The van der Waals surface area contributed by atoms with Crippen molar-refractivity contribution in [1.82, 2.24) is 14.5 Å². The molecular formula is C23H27N3O2S. The van der Waals surface area contributed by atoms with E-state index >= 15 is 0 Å². The second kappa shape index (κ2) is 8.91. The quantitative estimate of drug-likeness (QED) is 0.542. The van der Waals surface area contributed by atoms with E-state index in [0.717, 1.165) is 47.0 Å². The van der Waals surface area contributed by atoms with Gasteiger partial charge in [0.25, 0.3) is 0 Å². The van der Waals surface area contributed by atoms with Crippen molar-refractivity contribution in [2.75, 3.05) is 18.9 Å². The van der Waals surface area contributed by atoms with Gasteiger partial charge in [-0.1, -0.05) is 23.9 Å². The number of hydrogen-bond donors (Lipinski definition) is 0. The fourth-order valence-electron chi connectivity index (χ4n) is 3.89. The molecule has 3 aromatic rings. The molecule has 5 nitrogen and oxygen atoms in total. The first-order chi connectivity index (χ1) is 14.2. The number of benzene rings is 2. The van der Waals surface area contributed by atoms with Gasteiger partial charge in [0.15, 0.2) is 5.16 Å². The molecule has 1 fully saturated rings. The maximum atomic E-state index is 12.8. The summed E-state index contributed by atoms with van der Waals surface area (Å²) in [6, 6.07) is 16.5. The average Bonchev–Trinajstić information content (AvgIpc) is 3.11. The van der Waals surface area contributed by atoms with Crippen molar-refractivity contribution >= 4 is 28.7 Å². The van der Waals surface area contributed by atoms with E-state index in [0.29, 0.717) is 18.4 Å². The highest BCUT2D eigenvalue weighted by Gasteiger charge is 2.24. The number of likely N-dealkylation sites (tertiary alicyclic amines) is 1. The van der Waals surface area contributed by atoms with Crippen molar-refractivity contribution in [2.45, 2.75) is 44.3 Å². The molecular weight excluding hydrogens is 382 g/mol. The van der Waals surface area contributed by atoms with E-state index < -0.39 is 0 Å². The molecule has 4 rings (SSSR count). The normalized spacial score (nSPS) is 16.9. The van der Waals surface area contributed by atoms with Crippen LogP contribution in [0.5, 0.6) is 5.75 Å². The molecule has 2 heterocycles. The molecule has 0 aliphatic carbocycles. The summed E-state index contributed by atoms with van der Waals surface area (Å²) in [5.74, 6) is 1.46. The Balaban J connectivity index is 1.60. The average molecular weight is 410 g/mol. The van der Waals surface area contributed by atoms with Gasteiger partial charge in [0, 0.05) is 18.3 Å². The molecule has 152 valence electrons. The fraction of sp³-hybridized carbons (Fsp3) is 0.391. The molecule has 1 amide bonds.